The van der Waals surface area contributed by atoms with Gasteiger partial charge in [-0.15, -0.1) is 10.2 Å². The summed E-state index contributed by atoms with van der Waals surface area (Å²) >= 11 is 8.98. The van der Waals surface area contributed by atoms with Gasteiger partial charge in [0, 0.05) is 16.3 Å². The van der Waals surface area contributed by atoms with Crippen LogP contribution in [0.25, 0.3) is 5.76 Å². The lowest BCUT2D eigenvalue weighted by atomic mass is 9.94. The number of halogens is 1. The van der Waals surface area contributed by atoms with Crippen molar-refractivity contribution in [2.75, 3.05) is 4.90 Å². The minimum atomic E-state index is -0.891. The Morgan fingerprint density at radius 1 is 0.957 bits per heavy atom. The van der Waals surface area contributed by atoms with Crippen LogP contribution in [0.5, 0.6) is 5.75 Å². The van der Waals surface area contributed by atoms with E-state index in [1.54, 1.807) is 24.3 Å². The van der Waals surface area contributed by atoms with Gasteiger partial charge >= 0.3 is 5.91 Å². The van der Waals surface area contributed by atoms with E-state index in [0.717, 1.165) is 28.7 Å². The topological polar surface area (TPSA) is 92.6 Å². The molecule has 0 saturated carbocycles. The van der Waals surface area contributed by atoms with E-state index in [-0.39, 0.29) is 16.5 Å². The van der Waals surface area contributed by atoms with Gasteiger partial charge in [0.15, 0.2) is 4.34 Å². The molecule has 1 unspecified atom stereocenters. The van der Waals surface area contributed by atoms with Crippen molar-refractivity contribution in [1.29, 1.82) is 0 Å². The molecule has 0 bridgehead atoms. The van der Waals surface area contributed by atoms with Crippen LogP contribution >= 0.6 is 34.7 Å². The summed E-state index contributed by atoms with van der Waals surface area (Å²) in [5.41, 5.74) is 5.31. The molecule has 1 amide bonds. The number of benzene rings is 4. The van der Waals surface area contributed by atoms with Gasteiger partial charge in [0.2, 0.25) is 5.13 Å². The van der Waals surface area contributed by atoms with Crippen molar-refractivity contribution in [2.45, 2.75) is 43.0 Å². The fourth-order valence-electron chi connectivity index (χ4n) is 5.23. The van der Waals surface area contributed by atoms with Crippen LogP contribution in [-0.4, -0.2) is 27.0 Å². The van der Waals surface area contributed by atoms with Crippen molar-refractivity contribution >= 4 is 57.3 Å². The second kappa shape index (κ2) is 13.9. The zero-order valence-corrected chi connectivity index (χ0v) is 27.5. The fraction of sp³-hybridized carbons (Fsp3) is 0.167. The predicted molar refractivity (Wildman–Crippen MR) is 183 cm³/mol. The molecule has 0 radical (unpaired) electrons. The molecule has 232 valence electrons. The lowest BCUT2D eigenvalue weighted by Gasteiger charge is -2.22. The van der Waals surface area contributed by atoms with Crippen molar-refractivity contribution in [3.63, 3.8) is 0 Å². The highest BCUT2D eigenvalue weighted by Crippen LogP contribution is 2.44. The molecular formula is C36H30ClN3O4S2. The Hall–Kier alpha value is -4.44. The number of thioether (sulfide) groups is 1. The largest absolute Gasteiger partial charge is 0.507 e. The van der Waals surface area contributed by atoms with E-state index < -0.39 is 17.7 Å². The fourth-order valence-corrected chi connectivity index (χ4v) is 7.38. The molecular weight excluding hydrogens is 638 g/mol. The van der Waals surface area contributed by atoms with Gasteiger partial charge in [-0.2, -0.15) is 0 Å². The summed E-state index contributed by atoms with van der Waals surface area (Å²) in [6.45, 7) is 4.48. The lowest BCUT2D eigenvalue weighted by molar-refractivity contribution is -0.132. The molecule has 4 aromatic carbocycles. The summed E-state index contributed by atoms with van der Waals surface area (Å²) in [6.07, 6.45) is 0.835. The molecule has 7 nitrogen and oxygen atoms in total. The first-order chi connectivity index (χ1) is 22.3. The van der Waals surface area contributed by atoms with Crippen LogP contribution in [0.3, 0.4) is 0 Å². The summed E-state index contributed by atoms with van der Waals surface area (Å²) in [5, 5.41) is 21.1. The molecule has 5 aromatic rings. The number of anilines is 1. The van der Waals surface area contributed by atoms with Gasteiger partial charge in [0.1, 0.15) is 18.1 Å². The van der Waals surface area contributed by atoms with Crippen molar-refractivity contribution < 1.29 is 19.4 Å². The third-order valence-electron chi connectivity index (χ3n) is 7.67. The first-order valence-corrected chi connectivity index (χ1v) is 16.9. The normalized spacial score (nSPS) is 15.8. The van der Waals surface area contributed by atoms with Crippen LogP contribution in [0.2, 0.25) is 5.02 Å². The van der Waals surface area contributed by atoms with E-state index in [1.807, 2.05) is 73.7 Å². The van der Waals surface area contributed by atoms with Gasteiger partial charge in [-0.05, 0) is 65.9 Å². The molecule has 46 heavy (non-hydrogen) atoms. The number of nitrogens with zero attached hydrogens (tertiary/aromatic N) is 3. The number of ether oxygens (including phenoxy) is 1. The first kappa shape index (κ1) is 31.5. The smallest absolute Gasteiger partial charge is 0.301 e. The van der Waals surface area contributed by atoms with E-state index in [0.29, 0.717) is 38.6 Å². The molecule has 1 atom stereocenters. The van der Waals surface area contributed by atoms with Crippen LogP contribution in [0.1, 0.15) is 46.3 Å². The lowest BCUT2D eigenvalue weighted by Crippen LogP contribution is -2.29. The van der Waals surface area contributed by atoms with E-state index in [2.05, 4.69) is 23.2 Å². The quantitative estimate of drug-likeness (QED) is 0.0524. The maximum absolute atomic E-state index is 13.6. The summed E-state index contributed by atoms with van der Waals surface area (Å²) in [7, 11) is 0. The number of rotatable bonds is 10. The van der Waals surface area contributed by atoms with Gasteiger partial charge in [-0.25, -0.2) is 0 Å². The first-order valence-electron chi connectivity index (χ1n) is 14.7. The Bertz CT molecular complexity index is 1920. The molecule has 10 heteroatoms. The van der Waals surface area contributed by atoms with E-state index in [9.17, 15) is 14.7 Å². The molecule has 1 aromatic heterocycles. The average Bonchev–Trinajstić information content (AvgIpc) is 3.65. The van der Waals surface area contributed by atoms with E-state index in [1.165, 1.54) is 28.0 Å². The number of aliphatic hydroxyl groups is 1. The third kappa shape index (κ3) is 6.72. The molecule has 1 aliphatic heterocycles. The summed E-state index contributed by atoms with van der Waals surface area (Å²) < 4.78 is 6.56. The number of carbonyl (C=O) groups is 2. The number of Topliss-reactive ketones (excluding diaryl/α,β-unsaturated/α-hetero) is 1. The van der Waals surface area contributed by atoms with Crippen molar-refractivity contribution in [1.82, 2.24) is 10.2 Å². The van der Waals surface area contributed by atoms with E-state index in [4.69, 9.17) is 16.3 Å². The van der Waals surface area contributed by atoms with Crippen LogP contribution < -0.4 is 9.64 Å². The molecule has 2 heterocycles. The highest BCUT2D eigenvalue weighted by molar-refractivity contribution is 8.00. The Labute approximate surface area is 280 Å². The standard InChI is InChI=1S/C36H30ClN3O4S2/c1-3-23-11-13-25(14-12-23)31-30(32(41)26-15-17-28(18-16-26)44-20-24-8-6-7-22(2)19-24)33(42)34(43)40(31)35-38-39-36(46-35)45-21-27-9-4-5-10-29(27)37/h4-19,31,41H,3,20-21H2,1-2H3. The van der Waals surface area contributed by atoms with Crippen LogP contribution in [0.4, 0.5) is 5.13 Å². The molecule has 0 aliphatic carbocycles. The Balaban J connectivity index is 1.30. The zero-order chi connectivity index (χ0) is 32.2. The molecule has 1 fully saturated rings. The summed E-state index contributed by atoms with van der Waals surface area (Å²) in [6, 6.07) is 29.3. The van der Waals surface area contributed by atoms with Crippen LogP contribution in [-0.2, 0) is 28.4 Å². The molecule has 1 aliphatic rings. The Morgan fingerprint density at radius 3 is 2.43 bits per heavy atom. The highest BCUT2D eigenvalue weighted by Gasteiger charge is 2.48. The van der Waals surface area contributed by atoms with Crippen molar-refractivity contribution in [3.05, 3.63) is 141 Å². The maximum Gasteiger partial charge on any atom is 0.301 e. The third-order valence-corrected chi connectivity index (χ3v) is 10.1. The minimum absolute atomic E-state index is 0.0110. The van der Waals surface area contributed by atoms with Crippen molar-refractivity contribution in [2.24, 2.45) is 0 Å². The number of aromatic nitrogens is 2. The van der Waals surface area contributed by atoms with Gasteiger partial charge in [0.05, 0.1) is 11.6 Å². The SMILES string of the molecule is CCc1ccc(C2C(=C(O)c3ccc(OCc4cccc(C)c4)cc3)C(=O)C(=O)N2c2nnc(SCc3ccccc3Cl)s2)cc1. The summed E-state index contributed by atoms with van der Waals surface area (Å²) in [5.74, 6) is -0.653. The van der Waals surface area contributed by atoms with Crippen LogP contribution in [0, 0.1) is 6.92 Å². The number of hydrogen-bond donors (Lipinski definition) is 1. The molecule has 1 N–H and O–H groups in total. The van der Waals surface area contributed by atoms with Crippen LogP contribution in [0.15, 0.2) is 107 Å². The minimum Gasteiger partial charge on any atom is -0.507 e. The summed E-state index contributed by atoms with van der Waals surface area (Å²) in [4.78, 5) is 28.6. The van der Waals surface area contributed by atoms with Crippen molar-refractivity contribution in [3.8, 4) is 5.75 Å². The maximum atomic E-state index is 13.6. The second-order valence-electron chi connectivity index (χ2n) is 10.8. The predicted octanol–water partition coefficient (Wildman–Crippen LogP) is 8.56. The Morgan fingerprint density at radius 2 is 1.72 bits per heavy atom. The van der Waals surface area contributed by atoms with Gasteiger partial charge in [0.25, 0.3) is 5.78 Å². The van der Waals surface area contributed by atoms with E-state index >= 15 is 0 Å². The van der Waals surface area contributed by atoms with Gasteiger partial charge in [-0.3, -0.25) is 14.5 Å². The molecule has 6 rings (SSSR count). The number of hydrogen-bond acceptors (Lipinski definition) is 8. The number of amides is 1. The number of aliphatic hydroxyl groups excluding tert-OH is 1. The average molecular weight is 668 g/mol. The van der Waals surface area contributed by atoms with Gasteiger partial charge < -0.3 is 9.84 Å². The monoisotopic (exact) mass is 667 g/mol. The molecule has 0 spiro atoms. The highest BCUT2D eigenvalue weighted by atomic mass is 35.5. The number of ketones is 1. The second-order valence-corrected chi connectivity index (χ2v) is 13.4. The Kier molecular flexibility index (Phi) is 9.53. The number of aryl methyl sites for hydroxylation is 2. The van der Waals surface area contributed by atoms with Gasteiger partial charge in [-0.1, -0.05) is 114 Å². The number of carbonyl (C=O) groups excluding carboxylic acids is 2. The molecule has 1 saturated heterocycles. The zero-order valence-electron chi connectivity index (χ0n) is 25.1.